The summed E-state index contributed by atoms with van der Waals surface area (Å²) >= 11 is 0. The van der Waals surface area contributed by atoms with E-state index in [2.05, 4.69) is 0 Å². The zero-order valence-electron chi connectivity index (χ0n) is 9.35. The van der Waals surface area contributed by atoms with E-state index in [1.54, 1.807) is 6.92 Å². The van der Waals surface area contributed by atoms with Gasteiger partial charge in [0.2, 0.25) is 0 Å². The van der Waals surface area contributed by atoms with Gasteiger partial charge in [-0.2, -0.15) is 0 Å². The molecule has 88 valence electrons. The van der Waals surface area contributed by atoms with Crippen molar-refractivity contribution in [3.8, 4) is 5.75 Å². The van der Waals surface area contributed by atoms with Gasteiger partial charge >= 0.3 is 5.97 Å². The van der Waals surface area contributed by atoms with Crippen LogP contribution in [-0.2, 0) is 14.3 Å². The summed E-state index contributed by atoms with van der Waals surface area (Å²) in [6.07, 6.45) is 0. The fraction of sp³-hybridized carbons (Fsp3) is 0.417. The molecule has 4 heteroatoms. The van der Waals surface area contributed by atoms with Gasteiger partial charge < -0.3 is 14.2 Å². The van der Waals surface area contributed by atoms with Crippen molar-refractivity contribution in [3.63, 3.8) is 0 Å². The predicted octanol–water partition coefficient (Wildman–Crippen LogP) is 1.65. The standard InChI is InChI=1S/C12H16O4/c1-2-15-12(13)10-14-8-9-16-11-6-4-3-5-7-11/h3-7H,2,8-10H2,1H3. The first-order valence-corrected chi connectivity index (χ1v) is 5.24. The molecule has 0 aliphatic carbocycles. The molecular weight excluding hydrogens is 208 g/mol. The van der Waals surface area contributed by atoms with E-state index in [1.807, 2.05) is 30.3 Å². The maximum Gasteiger partial charge on any atom is 0.332 e. The molecule has 0 saturated heterocycles. The number of rotatable bonds is 7. The first kappa shape index (κ1) is 12.5. The van der Waals surface area contributed by atoms with Crippen molar-refractivity contribution in [2.45, 2.75) is 6.92 Å². The lowest BCUT2D eigenvalue weighted by atomic mass is 10.3. The van der Waals surface area contributed by atoms with E-state index in [9.17, 15) is 4.79 Å². The highest BCUT2D eigenvalue weighted by Crippen LogP contribution is 2.07. The van der Waals surface area contributed by atoms with Crippen molar-refractivity contribution in [1.82, 2.24) is 0 Å². The molecule has 16 heavy (non-hydrogen) atoms. The molecule has 1 aromatic rings. The Morgan fingerprint density at radius 3 is 2.62 bits per heavy atom. The lowest BCUT2D eigenvalue weighted by Gasteiger charge is -2.06. The second kappa shape index (κ2) is 7.70. The van der Waals surface area contributed by atoms with Crippen LogP contribution in [0.4, 0.5) is 0 Å². The SMILES string of the molecule is CCOC(=O)COCCOc1ccccc1. The molecule has 0 aromatic heterocycles. The Kier molecular flexibility index (Phi) is 6.03. The van der Waals surface area contributed by atoms with Crippen LogP contribution in [0.2, 0.25) is 0 Å². The zero-order chi connectivity index (χ0) is 11.6. The first-order valence-electron chi connectivity index (χ1n) is 5.24. The van der Waals surface area contributed by atoms with Gasteiger partial charge in [0.05, 0.1) is 13.2 Å². The molecule has 1 aromatic carbocycles. The Morgan fingerprint density at radius 1 is 1.19 bits per heavy atom. The summed E-state index contributed by atoms with van der Waals surface area (Å²) in [6.45, 7) is 2.90. The van der Waals surface area contributed by atoms with Gasteiger partial charge in [0, 0.05) is 0 Å². The number of hydrogen-bond acceptors (Lipinski definition) is 4. The third kappa shape index (κ3) is 5.36. The monoisotopic (exact) mass is 224 g/mol. The van der Waals surface area contributed by atoms with Gasteiger partial charge in [0.1, 0.15) is 19.0 Å². The van der Waals surface area contributed by atoms with E-state index < -0.39 is 0 Å². The van der Waals surface area contributed by atoms with Gasteiger partial charge in [0.15, 0.2) is 0 Å². The van der Waals surface area contributed by atoms with Gasteiger partial charge in [-0.15, -0.1) is 0 Å². The average molecular weight is 224 g/mol. The number of hydrogen-bond donors (Lipinski definition) is 0. The number of carbonyl (C=O) groups is 1. The van der Waals surface area contributed by atoms with E-state index in [0.717, 1.165) is 5.75 Å². The van der Waals surface area contributed by atoms with E-state index in [0.29, 0.717) is 19.8 Å². The first-order chi connectivity index (χ1) is 7.83. The van der Waals surface area contributed by atoms with Crippen LogP contribution in [0, 0.1) is 0 Å². The molecule has 0 N–H and O–H groups in total. The minimum atomic E-state index is -0.345. The highest BCUT2D eigenvalue weighted by atomic mass is 16.6. The molecule has 1 rings (SSSR count). The molecule has 4 nitrogen and oxygen atoms in total. The normalized spacial score (nSPS) is 9.81. The highest BCUT2D eigenvalue weighted by molar-refractivity contribution is 5.70. The molecule has 0 fully saturated rings. The number of ether oxygens (including phenoxy) is 3. The van der Waals surface area contributed by atoms with Crippen molar-refractivity contribution in [1.29, 1.82) is 0 Å². The van der Waals surface area contributed by atoms with Crippen molar-refractivity contribution in [2.24, 2.45) is 0 Å². The third-order valence-electron chi connectivity index (χ3n) is 1.76. The fourth-order valence-corrected chi connectivity index (χ4v) is 1.09. The van der Waals surface area contributed by atoms with Crippen molar-refractivity contribution >= 4 is 5.97 Å². The summed E-state index contributed by atoms with van der Waals surface area (Å²) in [7, 11) is 0. The fourth-order valence-electron chi connectivity index (χ4n) is 1.09. The summed E-state index contributed by atoms with van der Waals surface area (Å²) < 4.78 is 15.1. The Labute approximate surface area is 95.1 Å². The molecule has 0 radical (unpaired) electrons. The molecular formula is C12H16O4. The topological polar surface area (TPSA) is 44.8 Å². The van der Waals surface area contributed by atoms with Crippen LogP contribution in [0.25, 0.3) is 0 Å². The molecule has 0 atom stereocenters. The number of para-hydroxylation sites is 1. The van der Waals surface area contributed by atoms with Crippen molar-refractivity contribution in [2.75, 3.05) is 26.4 Å². The van der Waals surface area contributed by atoms with Gasteiger partial charge in [-0.1, -0.05) is 18.2 Å². The molecule has 0 bridgehead atoms. The number of carbonyl (C=O) groups excluding carboxylic acids is 1. The largest absolute Gasteiger partial charge is 0.491 e. The summed E-state index contributed by atoms with van der Waals surface area (Å²) in [5, 5.41) is 0. The van der Waals surface area contributed by atoms with Gasteiger partial charge in [-0.25, -0.2) is 4.79 Å². The van der Waals surface area contributed by atoms with Crippen LogP contribution in [-0.4, -0.2) is 32.4 Å². The molecule has 0 saturated carbocycles. The molecule has 0 aliphatic rings. The molecule has 0 aliphatic heterocycles. The predicted molar refractivity (Wildman–Crippen MR) is 59.4 cm³/mol. The van der Waals surface area contributed by atoms with E-state index in [1.165, 1.54) is 0 Å². The van der Waals surface area contributed by atoms with Crippen LogP contribution in [0.1, 0.15) is 6.92 Å². The van der Waals surface area contributed by atoms with E-state index in [4.69, 9.17) is 14.2 Å². The smallest absolute Gasteiger partial charge is 0.332 e. The Hall–Kier alpha value is -1.55. The Balaban J connectivity index is 2.02. The van der Waals surface area contributed by atoms with Crippen LogP contribution >= 0.6 is 0 Å². The summed E-state index contributed by atoms with van der Waals surface area (Å²) in [6, 6.07) is 9.45. The zero-order valence-corrected chi connectivity index (χ0v) is 9.35. The van der Waals surface area contributed by atoms with E-state index >= 15 is 0 Å². The van der Waals surface area contributed by atoms with Crippen LogP contribution < -0.4 is 4.74 Å². The second-order valence-electron chi connectivity index (χ2n) is 3.02. The summed E-state index contributed by atoms with van der Waals surface area (Å²) in [5.74, 6) is 0.449. The second-order valence-corrected chi connectivity index (χ2v) is 3.02. The van der Waals surface area contributed by atoms with Crippen LogP contribution in [0.3, 0.4) is 0 Å². The molecule has 0 heterocycles. The Bertz CT molecular complexity index is 297. The van der Waals surface area contributed by atoms with Crippen molar-refractivity contribution in [3.05, 3.63) is 30.3 Å². The third-order valence-corrected chi connectivity index (χ3v) is 1.76. The maximum absolute atomic E-state index is 10.9. The Morgan fingerprint density at radius 2 is 1.94 bits per heavy atom. The lowest BCUT2D eigenvalue weighted by Crippen LogP contribution is -2.15. The van der Waals surface area contributed by atoms with Gasteiger partial charge in [0.25, 0.3) is 0 Å². The average Bonchev–Trinajstić information content (AvgIpc) is 2.30. The highest BCUT2D eigenvalue weighted by Gasteiger charge is 2.00. The summed E-state index contributed by atoms with van der Waals surface area (Å²) in [5.41, 5.74) is 0. The van der Waals surface area contributed by atoms with Gasteiger partial charge in [-0.05, 0) is 19.1 Å². The molecule has 0 amide bonds. The molecule has 0 unspecified atom stereocenters. The quantitative estimate of drug-likeness (QED) is 0.521. The van der Waals surface area contributed by atoms with Crippen LogP contribution in [0.15, 0.2) is 30.3 Å². The van der Waals surface area contributed by atoms with Gasteiger partial charge in [-0.3, -0.25) is 0 Å². The van der Waals surface area contributed by atoms with E-state index in [-0.39, 0.29) is 12.6 Å². The van der Waals surface area contributed by atoms with Crippen LogP contribution in [0.5, 0.6) is 5.75 Å². The van der Waals surface area contributed by atoms with Crippen molar-refractivity contribution < 1.29 is 19.0 Å². The number of esters is 1. The summed E-state index contributed by atoms with van der Waals surface area (Å²) in [4.78, 5) is 10.9. The minimum Gasteiger partial charge on any atom is -0.491 e. The maximum atomic E-state index is 10.9. The lowest BCUT2D eigenvalue weighted by molar-refractivity contribution is -0.148. The minimum absolute atomic E-state index is 0.0218. The number of benzene rings is 1. The molecule has 0 spiro atoms.